The molecule has 2 aromatic rings. The van der Waals surface area contributed by atoms with Crippen molar-refractivity contribution in [2.24, 2.45) is 4.99 Å². The van der Waals surface area contributed by atoms with E-state index in [0.717, 1.165) is 30.2 Å². The molecule has 2 rings (SSSR count). The Morgan fingerprint density at radius 3 is 2.71 bits per heavy atom. The lowest BCUT2D eigenvalue weighted by Crippen LogP contribution is -2.39. The van der Waals surface area contributed by atoms with E-state index in [0.29, 0.717) is 30.3 Å². The fraction of sp³-hybridized carbons (Fsp3) is 0.333. The van der Waals surface area contributed by atoms with Crippen molar-refractivity contribution in [1.82, 2.24) is 16.0 Å². The van der Waals surface area contributed by atoms with Gasteiger partial charge in [0.05, 0.1) is 6.54 Å². The Hall–Kier alpha value is -2.73. The number of hydrogen-bond acceptors (Lipinski definition) is 3. The molecular weight excluding hydrogens is 376 g/mol. The highest BCUT2D eigenvalue weighted by Gasteiger charge is 2.04. The number of halogens is 1. The molecule has 0 saturated heterocycles. The molecule has 0 fully saturated rings. The van der Waals surface area contributed by atoms with Crippen LogP contribution in [0.1, 0.15) is 22.8 Å². The van der Waals surface area contributed by atoms with Crippen LogP contribution in [0.4, 0.5) is 0 Å². The van der Waals surface area contributed by atoms with Gasteiger partial charge >= 0.3 is 0 Å². The van der Waals surface area contributed by atoms with Crippen molar-refractivity contribution in [3.05, 3.63) is 64.7 Å². The summed E-state index contributed by atoms with van der Waals surface area (Å²) in [4.78, 5) is 16.3. The standard InChI is InChI=1S/C21H27ClN4O2/c1-3-24-21(26-12-13-28-19-9-5-8-18(22)15-19)25-11-10-16-6-4-7-17(14-16)20(27)23-2/h4-9,14-15H,3,10-13H2,1-2H3,(H,23,27)(H2,24,25,26). The molecule has 0 aromatic heterocycles. The normalized spacial score (nSPS) is 11.0. The van der Waals surface area contributed by atoms with Crippen molar-refractivity contribution in [2.45, 2.75) is 13.3 Å². The molecule has 0 bridgehead atoms. The van der Waals surface area contributed by atoms with Crippen LogP contribution in [0.25, 0.3) is 0 Å². The predicted octanol–water partition coefficient (Wildman–Crippen LogP) is 2.88. The number of amides is 1. The van der Waals surface area contributed by atoms with Gasteiger partial charge in [0.1, 0.15) is 12.4 Å². The smallest absolute Gasteiger partial charge is 0.251 e. The number of nitrogens with zero attached hydrogens (tertiary/aromatic N) is 1. The Bertz CT molecular complexity index is 795. The molecule has 0 spiro atoms. The maximum atomic E-state index is 11.7. The highest BCUT2D eigenvalue weighted by Crippen LogP contribution is 2.16. The second-order valence-corrected chi connectivity index (χ2v) is 6.46. The zero-order valence-electron chi connectivity index (χ0n) is 16.3. The number of rotatable bonds is 9. The molecule has 7 heteroatoms. The first-order valence-electron chi connectivity index (χ1n) is 9.34. The van der Waals surface area contributed by atoms with E-state index in [2.05, 4.69) is 20.9 Å². The van der Waals surface area contributed by atoms with Gasteiger partial charge in [-0.25, -0.2) is 0 Å². The van der Waals surface area contributed by atoms with Crippen LogP contribution in [0, 0.1) is 0 Å². The van der Waals surface area contributed by atoms with Crippen molar-refractivity contribution in [3.63, 3.8) is 0 Å². The topological polar surface area (TPSA) is 74.8 Å². The average Bonchev–Trinajstić information content (AvgIpc) is 2.71. The van der Waals surface area contributed by atoms with Gasteiger partial charge in [-0.3, -0.25) is 9.79 Å². The molecule has 0 radical (unpaired) electrons. The number of carbonyl (C=O) groups is 1. The van der Waals surface area contributed by atoms with Gasteiger partial charge in [0, 0.05) is 30.7 Å². The van der Waals surface area contributed by atoms with Crippen LogP contribution >= 0.6 is 11.6 Å². The summed E-state index contributed by atoms with van der Waals surface area (Å²) in [6, 6.07) is 14.9. The number of ether oxygens (including phenoxy) is 1. The first-order valence-corrected chi connectivity index (χ1v) is 9.71. The molecule has 3 N–H and O–H groups in total. The van der Waals surface area contributed by atoms with Crippen LogP contribution in [0.5, 0.6) is 5.75 Å². The Morgan fingerprint density at radius 1 is 1.14 bits per heavy atom. The summed E-state index contributed by atoms with van der Waals surface area (Å²) in [6.45, 7) is 4.52. The second-order valence-electron chi connectivity index (χ2n) is 6.02. The van der Waals surface area contributed by atoms with Crippen LogP contribution in [-0.4, -0.2) is 45.2 Å². The molecule has 6 nitrogen and oxygen atoms in total. The zero-order valence-corrected chi connectivity index (χ0v) is 17.1. The first-order chi connectivity index (χ1) is 13.6. The van der Waals surface area contributed by atoms with Crippen LogP contribution in [-0.2, 0) is 6.42 Å². The van der Waals surface area contributed by atoms with E-state index in [1.165, 1.54) is 0 Å². The van der Waals surface area contributed by atoms with E-state index in [9.17, 15) is 4.79 Å². The van der Waals surface area contributed by atoms with Crippen molar-refractivity contribution in [1.29, 1.82) is 0 Å². The summed E-state index contributed by atoms with van der Waals surface area (Å²) in [5.41, 5.74) is 1.73. The number of aliphatic imine (C=N–C) groups is 1. The van der Waals surface area contributed by atoms with Gasteiger partial charge in [0.2, 0.25) is 0 Å². The van der Waals surface area contributed by atoms with E-state index >= 15 is 0 Å². The lowest BCUT2D eigenvalue weighted by molar-refractivity contribution is 0.0963. The number of guanidine groups is 1. The van der Waals surface area contributed by atoms with Crippen LogP contribution in [0.2, 0.25) is 5.02 Å². The third-order valence-corrected chi connectivity index (χ3v) is 4.13. The molecule has 0 unspecified atom stereocenters. The molecule has 28 heavy (non-hydrogen) atoms. The van der Waals surface area contributed by atoms with E-state index in [1.807, 2.05) is 43.3 Å². The van der Waals surface area contributed by atoms with E-state index in [4.69, 9.17) is 16.3 Å². The first kappa shape index (κ1) is 21.6. The molecule has 2 aromatic carbocycles. The molecule has 0 aliphatic carbocycles. The van der Waals surface area contributed by atoms with Gasteiger partial charge in [0.25, 0.3) is 5.91 Å². The third-order valence-electron chi connectivity index (χ3n) is 3.89. The molecule has 0 heterocycles. The fourth-order valence-electron chi connectivity index (χ4n) is 2.55. The van der Waals surface area contributed by atoms with Gasteiger partial charge in [-0.15, -0.1) is 0 Å². The maximum Gasteiger partial charge on any atom is 0.251 e. The zero-order chi connectivity index (χ0) is 20.2. The third kappa shape index (κ3) is 7.48. The summed E-state index contributed by atoms with van der Waals surface area (Å²) >= 11 is 5.95. The SMILES string of the molecule is CCNC(=NCCc1cccc(C(=O)NC)c1)NCCOc1cccc(Cl)c1. The van der Waals surface area contributed by atoms with Gasteiger partial charge in [0.15, 0.2) is 5.96 Å². The summed E-state index contributed by atoms with van der Waals surface area (Å²) < 4.78 is 5.67. The average molecular weight is 403 g/mol. The van der Waals surface area contributed by atoms with Crippen molar-refractivity contribution in [2.75, 3.05) is 33.3 Å². The number of carbonyl (C=O) groups excluding carboxylic acids is 1. The Kier molecular flexibility index (Phi) is 9.15. The molecule has 0 saturated carbocycles. The lowest BCUT2D eigenvalue weighted by atomic mass is 10.1. The van der Waals surface area contributed by atoms with E-state index in [1.54, 1.807) is 19.2 Å². The fourth-order valence-corrected chi connectivity index (χ4v) is 2.73. The van der Waals surface area contributed by atoms with Gasteiger partial charge < -0.3 is 20.7 Å². The van der Waals surface area contributed by atoms with Crippen molar-refractivity contribution < 1.29 is 9.53 Å². The Labute approximate surface area is 171 Å². The largest absolute Gasteiger partial charge is 0.492 e. The maximum absolute atomic E-state index is 11.7. The van der Waals surface area contributed by atoms with Gasteiger partial charge in [-0.05, 0) is 49.2 Å². The van der Waals surface area contributed by atoms with E-state index < -0.39 is 0 Å². The van der Waals surface area contributed by atoms with Crippen molar-refractivity contribution in [3.8, 4) is 5.75 Å². The lowest BCUT2D eigenvalue weighted by Gasteiger charge is -2.12. The van der Waals surface area contributed by atoms with Crippen LogP contribution in [0.3, 0.4) is 0 Å². The summed E-state index contributed by atoms with van der Waals surface area (Å²) in [5.74, 6) is 1.40. The molecule has 0 atom stereocenters. The highest BCUT2D eigenvalue weighted by molar-refractivity contribution is 6.30. The van der Waals surface area contributed by atoms with Crippen LogP contribution in [0.15, 0.2) is 53.5 Å². The minimum Gasteiger partial charge on any atom is -0.492 e. The number of benzene rings is 2. The summed E-state index contributed by atoms with van der Waals surface area (Å²) in [6.07, 6.45) is 0.750. The van der Waals surface area contributed by atoms with Crippen molar-refractivity contribution >= 4 is 23.5 Å². The van der Waals surface area contributed by atoms with E-state index in [-0.39, 0.29) is 5.91 Å². The molecule has 150 valence electrons. The number of nitrogens with one attached hydrogen (secondary N) is 3. The molecular formula is C21H27ClN4O2. The monoisotopic (exact) mass is 402 g/mol. The Morgan fingerprint density at radius 2 is 1.96 bits per heavy atom. The minimum atomic E-state index is -0.0833. The minimum absolute atomic E-state index is 0.0833. The van der Waals surface area contributed by atoms with Crippen LogP contribution < -0.4 is 20.7 Å². The molecule has 0 aliphatic rings. The predicted molar refractivity (Wildman–Crippen MR) is 114 cm³/mol. The van der Waals surface area contributed by atoms with Gasteiger partial charge in [-0.1, -0.05) is 29.8 Å². The molecule has 1 amide bonds. The number of hydrogen-bond donors (Lipinski definition) is 3. The highest BCUT2D eigenvalue weighted by atomic mass is 35.5. The Balaban J connectivity index is 1.80. The summed E-state index contributed by atoms with van der Waals surface area (Å²) in [7, 11) is 1.63. The summed E-state index contributed by atoms with van der Waals surface area (Å²) in [5, 5.41) is 9.75. The molecule has 0 aliphatic heterocycles. The second kappa shape index (κ2) is 11.9. The quantitative estimate of drug-likeness (QED) is 0.342. The van der Waals surface area contributed by atoms with Gasteiger partial charge in [-0.2, -0.15) is 0 Å².